The van der Waals surface area contributed by atoms with Crippen molar-refractivity contribution in [3.8, 4) is 5.75 Å². The normalized spacial score (nSPS) is 19.6. The maximum atomic E-state index is 9.15. The van der Waals surface area contributed by atoms with E-state index in [1.54, 1.807) is 7.11 Å². The zero-order valence-corrected chi connectivity index (χ0v) is 11.2. The Bertz CT molecular complexity index is 462. The summed E-state index contributed by atoms with van der Waals surface area (Å²) in [6.07, 6.45) is 1.05. The van der Waals surface area contributed by atoms with Crippen LogP contribution in [-0.2, 0) is 6.54 Å². The number of hydrogen-bond donors (Lipinski definition) is 3. The van der Waals surface area contributed by atoms with Gasteiger partial charge in [0.15, 0.2) is 0 Å². The van der Waals surface area contributed by atoms with Gasteiger partial charge in [0.25, 0.3) is 0 Å². The van der Waals surface area contributed by atoms with Crippen LogP contribution in [0.4, 0.5) is 0 Å². The van der Waals surface area contributed by atoms with E-state index in [1.165, 1.54) is 0 Å². The van der Waals surface area contributed by atoms with Crippen LogP contribution >= 0.6 is 0 Å². The number of benzene rings is 1. The van der Waals surface area contributed by atoms with Crippen LogP contribution in [0.2, 0.25) is 0 Å². The number of aliphatic hydroxyl groups is 1. The van der Waals surface area contributed by atoms with Gasteiger partial charge in [-0.25, -0.2) is 0 Å². The van der Waals surface area contributed by atoms with E-state index in [4.69, 9.17) is 21.0 Å². The molecule has 4 N–H and O–H groups in total. The SMILES string of the molecule is COc1cc(CN2CCC(CO)C2)ccc1C(=N)N. The molecule has 1 unspecified atom stereocenters. The van der Waals surface area contributed by atoms with Gasteiger partial charge in [0, 0.05) is 19.7 Å². The number of likely N-dealkylation sites (tertiary alicyclic amines) is 1. The summed E-state index contributed by atoms with van der Waals surface area (Å²) in [6, 6.07) is 5.74. The maximum absolute atomic E-state index is 9.15. The van der Waals surface area contributed by atoms with Gasteiger partial charge in [-0.1, -0.05) is 6.07 Å². The van der Waals surface area contributed by atoms with Crippen LogP contribution in [0.15, 0.2) is 18.2 Å². The Morgan fingerprint density at radius 1 is 1.58 bits per heavy atom. The number of hydrogen-bond acceptors (Lipinski definition) is 4. The summed E-state index contributed by atoms with van der Waals surface area (Å²) in [5, 5.41) is 16.6. The Kier molecular flexibility index (Phi) is 4.39. The molecule has 5 nitrogen and oxygen atoms in total. The number of aliphatic hydroxyl groups excluding tert-OH is 1. The van der Waals surface area contributed by atoms with Crippen LogP contribution < -0.4 is 10.5 Å². The Labute approximate surface area is 113 Å². The van der Waals surface area contributed by atoms with Crippen LogP contribution in [0.3, 0.4) is 0 Å². The van der Waals surface area contributed by atoms with E-state index < -0.39 is 0 Å². The maximum Gasteiger partial charge on any atom is 0.130 e. The molecule has 1 aromatic rings. The van der Waals surface area contributed by atoms with Crippen LogP contribution in [0.1, 0.15) is 17.5 Å². The lowest BCUT2D eigenvalue weighted by molar-refractivity contribution is 0.220. The molecule has 1 aliphatic heterocycles. The highest BCUT2D eigenvalue weighted by molar-refractivity contribution is 5.97. The molecule has 1 heterocycles. The molecule has 0 spiro atoms. The summed E-state index contributed by atoms with van der Waals surface area (Å²) in [5.74, 6) is 1.06. The van der Waals surface area contributed by atoms with Crippen molar-refractivity contribution in [2.24, 2.45) is 11.7 Å². The standard InChI is InChI=1S/C14H21N3O2/c1-19-13-6-10(2-3-12(13)14(15)16)7-17-5-4-11(8-17)9-18/h2-3,6,11,18H,4-5,7-9H2,1H3,(H3,15,16). The van der Waals surface area contributed by atoms with Crippen molar-refractivity contribution >= 4 is 5.84 Å². The number of methoxy groups -OCH3 is 1. The smallest absolute Gasteiger partial charge is 0.130 e. The van der Waals surface area contributed by atoms with Gasteiger partial charge in [-0.3, -0.25) is 10.3 Å². The Morgan fingerprint density at radius 2 is 2.37 bits per heavy atom. The second kappa shape index (κ2) is 6.04. The summed E-state index contributed by atoms with van der Waals surface area (Å²) in [6.45, 7) is 3.06. The Balaban J connectivity index is 2.07. The van der Waals surface area contributed by atoms with E-state index >= 15 is 0 Å². The molecule has 0 aliphatic carbocycles. The Hall–Kier alpha value is -1.59. The number of nitrogens with zero attached hydrogens (tertiary/aromatic N) is 1. The number of nitrogens with one attached hydrogen (secondary N) is 1. The molecule has 1 aromatic carbocycles. The van der Waals surface area contributed by atoms with Crippen molar-refractivity contribution in [3.63, 3.8) is 0 Å². The fourth-order valence-corrected chi connectivity index (χ4v) is 2.52. The fraction of sp³-hybridized carbons (Fsp3) is 0.500. The lowest BCUT2D eigenvalue weighted by Crippen LogP contribution is -2.21. The van der Waals surface area contributed by atoms with Gasteiger partial charge in [0.2, 0.25) is 0 Å². The minimum absolute atomic E-state index is 0.0184. The van der Waals surface area contributed by atoms with Gasteiger partial charge >= 0.3 is 0 Å². The van der Waals surface area contributed by atoms with Gasteiger partial charge in [-0.2, -0.15) is 0 Å². The third-order valence-electron chi connectivity index (χ3n) is 3.59. The second-order valence-corrected chi connectivity index (χ2v) is 5.02. The minimum atomic E-state index is 0.0184. The molecule has 19 heavy (non-hydrogen) atoms. The van der Waals surface area contributed by atoms with Crippen molar-refractivity contribution < 1.29 is 9.84 Å². The average Bonchev–Trinajstić information content (AvgIpc) is 2.86. The molecule has 0 aromatic heterocycles. The third-order valence-corrected chi connectivity index (χ3v) is 3.59. The molecule has 1 saturated heterocycles. The van der Waals surface area contributed by atoms with Crippen molar-refractivity contribution in [1.82, 2.24) is 4.90 Å². The summed E-state index contributed by atoms with van der Waals surface area (Å²) in [4.78, 5) is 2.32. The van der Waals surface area contributed by atoms with Crippen LogP contribution in [0, 0.1) is 11.3 Å². The molecule has 0 amide bonds. The fourth-order valence-electron chi connectivity index (χ4n) is 2.52. The highest BCUT2D eigenvalue weighted by Crippen LogP contribution is 2.23. The monoisotopic (exact) mass is 263 g/mol. The summed E-state index contributed by atoms with van der Waals surface area (Å²) in [7, 11) is 1.59. The van der Waals surface area contributed by atoms with Crippen molar-refractivity contribution in [2.75, 3.05) is 26.8 Å². The van der Waals surface area contributed by atoms with E-state index in [0.29, 0.717) is 17.2 Å². The lowest BCUT2D eigenvalue weighted by atomic mass is 10.1. The molecule has 2 rings (SSSR count). The predicted octanol–water partition coefficient (Wildman–Crippen LogP) is 0.793. The number of nitrogens with two attached hydrogens (primary N) is 1. The van der Waals surface area contributed by atoms with Crippen LogP contribution in [0.25, 0.3) is 0 Å². The zero-order chi connectivity index (χ0) is 13.8. The van der Waals surface area contributed by atoms with E-state index in [0.717, 1.165) is 31.6 Å². The number of rotatable bonds is 5. The van der Waals surface area contributed by atoms with Gasteiger partial charge in [-0.15, -0.1) is 0 Å². The quantitative estimate of drug-likeness (QED) is 0.542. The summed E-state index contributed by atoms with van der Waals surface area (Å²) < 4.78 is 5.27. The topological polar surface area (TPSA) is 82.6 Å². The van der Waals surface area contributed by atoms with E-state index in [9.17, 15) is 0 Å². The first-order valence-corrected chi connectivity index (χ1v) is 6.48. The van der Waals surface area contributed by atoms with Crippen molar-refractivity contribution in [1.29, 1.82) is 5.41 Å². The lowest BCUT2D eigenvalue weighted by Gasteiger charge is -2.17. The minimum Gasteiger partial charge on any atom is -0.496 e. The second-order valence-electron chi connectivity index (χ2n) is 5.02. The van der Waals surface area contributed by atoms with E-state index in [-0.39, 0.29) is 12.4 Å². The first kappa shape index (κ1) is 13.8. The molecule has 1 fully saturated rings. The van der Waals surface area contributed by atoms with E-state index in [1.807, 2.05) is 18.2 Å². The predicted molar refractivity (Wildman–Crippen MR) is 74.5 cm³/mol. The molecule has 104 valence electrons. The number of ether oxygens (including phenoxy) is 1. The number of amidine groups is 1. The number of nitrogen functional groups attached to an aromatic ring is 1. The van der Waals surface area contributed by atoms with E-state index in [2.05, 4.69) is 4.90 Å². The molecular formula is C14H21N3O2. The van der Waals surface area contributed by atoms with Gasteiger partial charge in [0.1, 0.15) is 11.6 Å². The third kappa shape index (κ3) is 3.24. The first-order valence-electron chi connectivity index (χ1n) is 6.48. The molecule has 0 saturated carbocycles. The van der Waals surface area contributed by atoms with Crippen LogP contribution in [-0.4, -0.2) is 42.6 Å². The Morgan fingerprint density at radius 3 is 2.95 bits per heavy atom. The largest absolute Gasteiger partial charge is 0.496 e. The summed E-state index contributed by atoms with van der Waals surface area (Å²) in [5.41, 5.74) is 7.27. The summed E-state index contributed by atoms with van der Waals surface area (Å²) >= 11 is 0. The van der Waals surface area contributed by atoms with Crippen LogP contribution in [0.5, 0.6) is 5.75 Å². The molecule has 1 aliphatic rings. The molecule has 1 atom stereocenters. The highest BCUT2D eigenvalue weighted by Gasteiger charge is 2.21. The molecule has 0 bridgehead atoms. The molecule has 5 heteroatoms. The first-order chi connectivity index (χ1) is 9.13. The zero-order valence-electron chi connectivity index (χ0n) is 11.2. The van der Waals surface area contributed by atoms with Gasteiger partial charge in [-0.05, 0) is 36.6 Å². The van der Waals surface area contributed by atoms with Crippen molar-refractivity contribution in [3.05, 3.63) is 29.3 Å². The molecular weight excluding hydrogens is 242 g/mol. The molecule has 0 radical (unpaired) electrons. The van der Waals surface area contributed by atoms with Crippen molar-refractivity contribution in [2.45, 2.75) is 13.0 Å². The highest BCUT2D eigenvalue weighted by atomic mass is 16.5. The average molecular weight is 263 g/mol. The van der Waals surface area contributed by atoms with Gasteiger partial charge < -0.3 is 15.6 Å². The van der Waals surface area contributed by atoms with Gasteiger partial charge in [0.05, 0.1) is 12.7 Å².